The van der Waals surface area contributed by atoms with Gasteiger partial charge in [0.15, 0.2) is 0 Å². The van der Waals surface area contributed by atoms with Gasteiger partial charge in [-0.25, -0.2) is 8.42 Å². The van der Waals surface area contributed by atoms with Crippen LogP contribution < -0.4 is 0 Å². The van der Waals surface area contributed by atoms with Crippen LogP contribution in [0, 0.1) is 0 Å². The quantitative estimate of drug-likeness (QED) is 0.401. The molecule has 0 unspecified atom stereocenters. The number of hydrogen-bond donors (Lipinski definition) is 0. The molecule has 0 amide bonds. The Morgan fingerprint density at radius 1 is 1.00 bits per heavy atom. The lowest BCUT2D eigenvalue weighted by Gasteiger charge is -1.07. The van der Waals surface area contributed by atoms with Crippen molar-refractivity contribution in [1.29, 1.82) is 0 Å². The van der Waals surface area contributed by atoms with Gasteiger partial charge in [0, 0.05) is 0 Å². The van der Waals surface area contributed by atoms with E-state index in [2.05, 4.69) is 0 Å². The Morgan fingerprint density at radius 2 is 1.00 bits per heavy atom. The molecule has 0 heterocycles. The standard InChI is InChI=1S/2FH.H2O2S/c;;1-3-2/h2*1H;3H2. The normalized spacial score (nSPS) is 3.20. The fourth-order valence-electron chi connectivity index (χ4n) is 0. The van der Waals surface area contributed by atoms with Gasteiger partial charge in [0.25, 0.3) is 0 Å². The van der Waals surface area contributed by atoms with Crippen molar-refractivity contribution < 1.29 is 17.8 Å². The van der Waals surface area contributed by atoms with E-state index in [4.69, 9.17) is 8.42 Å². The molecule has 0 saturated heterocycles. The van der Waals surface area contributed by atoms with Crippen molar-refractivity contribution >= 4 is 11.6 Å². The van der Waals surface area contributed by atoms with E-state index in [1.165, 1.54) is 0 Å². The topological polar surface area (TPSA) is 34.1 Å². The minimum atomic E-state index is -1.42. The van der Waals surface area contributed by atoms with Crippen LogP contribution in [0.3, 0.4) is 0 Å². The van der Waals surface area contributed by atoms with Crippen LogP contribution in [0.15, 0.2) is 0 Å². The van der Waals surface area contributed by atoms with Gasteiger partial charge in [0.05, 0.1) is 0 Å². The van der Waals surface area contributed by atoms with Gasteiger partial charge in [-0.05, 0) is 0 Å². The fraction of sp³-hybridized carbons (Fsp3) is 0. The highest BCUT2D eigenvalue weighted by atomic mass is 32.1. The predicted octanol–water partition coefficient (Wildman–Crippen LogP) is -0.901. The van der Waals surface area contributed by atoms with Gasteiger partial charge in [-0.1, -0.05) is 0 Å². The molecule has 0 aromatic carbocycles. The van der Waals surface area contributed by atoms with Gasteiger partial charge in [0.2, 0.25) is 0 Å². The first-order valence-electron chi connectivity index (χ1n) is 0.408. The van der Waals surface area contributed by atoms with Crippen molar-refractivity contribution in [3.63, 3.8) is 0 Å². The van der Waals surface area contributed by atoms with Crippen molar-refractivity contribution in [2.24, 2.45) is 0 Å². The molecule has 36 valence electrons. The summed E-state index contributed by atoms with van der Waals surface area (Å²) in [6.07, 6.45) is 0. The maximum atomic E-state index is 8.40. The van der Waals surface area contributed by atoms with E-state index < -0.39 is 11.6 Å². The van der Waals surface area contributed by atoms with Gasteiger partial charge >= 0.3 is 0 Å². The Hall–Kier alpha value is -0.190. The van der Waals surface area contributed by atoms with Crippen molar-refractivity contribution in [2.75, 3.05) is 0 Å². The third kappa shape index (κ3) is 346. The second-order valence-corrected chi connectivity index (χ2v) is 0.250. The summed E-state index contributed by atoms with van der Waals surface area (Å²) in [6.45, 7) is 0. The molecule has 0 atom stereocenters. The van der Waals surface area contributed by atoms with Crippen LogP contribution in [0.25, 0.3) is 0 Å². The average molecular weight is 106 g/mol. The van der Waals surface area contributed by atoms with E-state index in [0.717, 1.165) is 0 Å². The van der Waals surface area contributed by atoms with Gasteiger partial charge in [-0.2, -0.15) is 0 Å². The molecule has 0 radical (unpaired) electrons. The molecule has 0 aliphatic rings. The first-order valence-corrected chi connectivity index (χ1v) is 1.22. The molecule has 0 fully saturated rings. The summed E-state index contributed by atoms with van der Waals surface area (Å²) in [6, 6.07) is 0. The summed E-state index contributed by atoms with van der Waals surface area (Å²) in [5, 5.41) is 0. The van der Waals surface area contributed by atoms with Crippen LogP contribution in [0.5, 0.6) is 0 Å². The van der Waals surface area contributed by atoms with Crippen LogP contribution in [-0.2, 0) is 11.6 Å². The Labute approximate surface area is 30.5 Å². The second-order valence-electron chi connectivity index (χ2n) is 0.0833. The Morgan fingerprint density at radius 3 is 1.00 bits per heavy atom. The van der Waals surface area contributed by atoms with E-state index in [9.17, 15) is 0 Å². The molecule has 0 aliphatic carbocycles. The van der Waals surface area contributed by atoms with E-state index in [-0.39, 0.29) is 9.41 Å². The van der Waals surface area contributed by atoms with Crippen LogP contribution >= 0.6 is 0 Å². The summed E-state index contributed by atoms with van der Waals surface area (Å²) >= 11 is -1.42. The summed E-state index contributed by atoms with van der Waals surface area (Å²) in [4.78, 5) is 0. The maximum absolute atomic E-state index is 8.40. The minimum absolute atomic E-state index is 0. The lowest BCUT2D eigenvalue weighted by molar-refractivity contribution is 0.630. The Balaban J connectivity index is -0.0000000200. The van der Waals surface area contributed by atoms with Gasteiger partial charge < -0.3 is 0 Å². The molecule has 0 bridgehead atoms. The molecular weight excluding hydrogens is 102 g/mol. The summed E-state index contributed by atoms with van der Waals surface area (Å²) in [7, 11) is 0. The largest absolute Gasteiger partial charge is 0.269 e. The highest BCUT2D eigenvalue weighted by molar-refractivity contribution is 7.51. The van der Waals surface area contributed by atoms with Crippen molar-refractivity contribution in [1.82, 2.24) is 0 Å². The van der Waals surface area contributed by atoms with Crippen molar-refractivity contribution in [2.45, 2.75) is 0 Å². The first kappa shape index (κ1) is 21.3. The Bertz CT molecular complexity index is 28.6. The van der Waals surface area contributed by atoms with Gasteiger partial charge in [0.1, 0.15) is 11.6 Å². The molecule has 2 nitrogen and oxygen atoms in total. The zero-order valence-corrected chi connectivity index (χ0v) is 3.13. The molecule has 5 heavy (non-hydrogen) atoms. The second kappa shape index (κ2) is 45.9. The molecular formula is H4F2O2S. The maximum Gasteiger partial charge on any atom is 0.129 e. The predicted molar refractivity (Wildman–Crippen MR) is 16.7 cm³/mol. The van der Waals surface area contributed by atoms with Crippen molar-refractivity contribution in [3.8, 4) is 0 Å². The third-order valence-corrected chi connectivity index (χ3v) is 0. The van der Waals surface area contributed by atoms with E-state index in [1.807, 2.05) is 0 Å². The van der Waals surface area contributed by atoms with E-state index >= 15 is 0 Å². The summed E-state index contributed by atoms with van der Waals surface area (Å²) in [5.74, 6) is 0. The third-order valence-electron chi connectivity index (χ3n) is 0. The zero-order valence-electron chi connectivity index (χ0n) is 2.13. The van der Waals surface area contributed by atoms with Gasteiger partial charge in [-0.3, -0.25) is 9.41 Å². The van der Waals surface area contributed by atoms with E-state index in [0.29, 0.717) is 0 Å². The lowest BCUT2D eigenvalue weighted by Crippen LogP contribution is -1.18. The monoisotopic (exact) mass is 106 g/mol. The molecule has 0 aromatic heterocycles. The van der Waals surface area contributed by atoms with Crippen LogP contribution in [-0.4, -0.2) is 8.42 Å². The van der Waals surface area contributed by atoms with Crippen molar-refractivity contribution in [3.05, 3.63) is 0 Å². The molecule has 0 spiro atoms. The Kier molecular flexibility index (Phi) is 195. The van der Waals surface area contributed by atoms with Gasteiger partial charge in [-0.15, -0.1) is 0 Å². The molecule has 0 aliphatic heterocycles. The molecule has 0 rings (SSSR count). The van der Waals surface area contributed by atoms with Crippen LogP contribution in [0.2, 0.25) is 0 Å². The number of hydrogen-bond acceptors (Lipinski definition) is 2. The minimum Gasteiger partial charge on any atom is -0.269 e. The number of halogens is 2. The highest BCUT2D eigenvalue weighted by Crippen LogP contribution is 0.846. The number of rotatable bonds is 0. The van der Waals surface area contributed by atoms with Crippen LogP contribution in [0.1, 0.15) is 0 Å². The first-order chi connectivity index (χ1) is 1.41. The van der Waals surface area contributed by atoms with Crippen LogP contribution in [0.4, 0.5) is 9.41 Å². The fourth-order valence-corrected chi connectivity index (χ4v) is 0. The highest BCUT2D eigenvalue weighted by Gasteiger charge is 0.964. The molecule has 0 aromatic rings. The average Bonchev–Trinajstić information content (AvgIpc) is 0.918. The smallest absolute Gasteiger partial charge is 0.129 e. The van der Waals surface area contributed by atoms with E-state index in [1.54, 1.807) is 0 Å². The molecule has 5 heteroatoms. The molecule has 0 N–H and O–H groups in total. The lowest BCUT2D eigenvalue weighted by atomic mass is 15.9. The summed E-state index contributed by atoms with van der Waals surface area (Å²) in [5.41, 5.74) is 0. The molecule has 0 saturated carbocycles. The summed E-state index contributed by atoms with van der Waals surface area (Å²) < 4.78 is 16.8. The zero-order chi connectivity index (χ0) is 2.71. The SMILES string of the molecule is F.F.O=[SH2]=O.